The van der Waals surface area contributed by atoms with Crippen molar-refractivity contribution in [1.29, 1.82) is 0 Å². The highest BCUT2D eigenvalue weighted by atomic mass is 16.2. The lowest BCUT2D eigenvalue weighted by Crippen LogP contribution is -2.47. The molecule has 2 N–H and O–H groups in total. The first-order valence-corrected chi connectivity index (χ1v) is 7.23. The fourth-order valence-electron chi connectivity index (χ4n) is 2.66. The molecule has 0 radical (unpaired) electrons. The maximum absolute atomic E-state index is 12.4. The summed E-state index contributed by atoms with van der Waals surface area (Å²) in [5.74, 6) is 0.598. The van der Waals surface area contributed by atoms with E-state index < -0.39 is 0 Å². The van der Waals surface area contributed by atoms with Crippen LogP contribution >= 0.6 is 0 Å². The Balaban J connectivity index is 2.50. The first-order valence-electron chi connectivity index (χ1n) is 7.23. The molecule has 0 spiro atoms. The monoisotopic (exact) mass is 240 g/mol. The van der Waals surface area contributed by atoms with Gasteiger partial charge in [0, 0.05) is 25.0 Å². The van der Waals surface area contributed by atoms with Crippen LogP contribution in [0.2, 0.25) is 0 Å². The van der Waals surface area contributed by atoms with Crippen LogP contribution in [0.5, 0.6) is 0 Å². The summed E-state index contributed by atoms with van der Waals surface area (Å²) in [6.45, 7) is 6.03. The third kappa shape index (κ3) is 4.66. The summed E-state index contributed by atoms with van der Waals surface area (Å²) in [6, 6.07) is 0.196. The Hall–Kier alpha value is -0.570. The highest BCUT2D eigenvalue weighted by molar-refractivity contribution is 5.79. The fraction of sp³-hybridized carbons (Fsp3) is 0.929. The third-order valence-electron chi connectivity index (χ3n) is 3.66. The molecule has 17 heavy (non-hydrogen) atoms. The zero-order chi connectivity index (χ0) is 12.7. The summed E-state index contributed by atoms with van der Waals surface area (Å²) in [5, 5.41) is 0. The first-order chi connectivity index (χ1) is 8.19. The molecule has 0 aromatic carbocycles. The Labute approximate surface area is 106 Å². The van der Waals surface area contributed by atoms with Crippen molar-refractivity contribution in [2.24, 2.45) is 11.7 Å². The van der Waals surface area contributed by atoms with E-state index in [9.17, 15) is 4.79 Å². The quantitative estimate of drug-likeness (QED) is 0.775. The number of rotatable bonds is 6. The van der Waals surface area contributed by atoms with Gasteiger partial charge in [-0.3, -0.25) is 4.79 Å². The third-order valence-corrected chi connectivity index (χ3v) is 3.66. The van der Waals surface area contributed by atoms with E-state index in [1.165, 1.54) is 6.42 Å². The average Bonchev–Trinajstić information content (AvgIpc) is 2.33. The summed E-state index contributed by atoms with van der Waals surface area (Å²) < 4.78 is 0. The van der Waals surface area contributed by atoms with Crippen LogP contribution in [0.1, 0.15) is 58.8 Å². The van der Waals surface area contributed by atoms with Gasteiger partial charge >= 0.3 is 0 Å². The van der Waals surface area contributed by atoms with Crippen molar-refractivity contribution in [3.8, 4) is 0 Å². The normalized spacial score (nSPS) is 22.5. The summed E-state index contributed by atoms with van der Waals surface area (Å²) in [7, 11) is 0. The number of hydrogen-bond donors (Lipinski definition) is 1. The number of piperidine rings is 1. The van der Waals surface area contributed by atoms with Crippen LogP contribution in [-0.4, -0.2) is 29.9 Å². The lowest BCUT2D eigenvalue weighted by atomic mass is 9.94. The van der Waals surface area contributed by atoms with Gasteiger partial charge in [0.1, 0.15) is 0 Å². The molecule has 1 saturated heterocycles. The number of unbranched alkanes of at least 4 members (excludes halogenated alkanes) is 1. The van der Waals surface area contributed by atoms with Gasteiger partial charge in [-0.05, 0) is 25.7 Å². The fourth-order valence-corrected chi connectivity index (χ4v) is 2.66. The van der Waals surface area contributed by atoms with Crippen LogP contribution in [0, 0.1) is 5.92 Å². The number of carbonyl (C=O) groups excluding carboxylic acids is 1. The van der Waals surface area contributed by atoms with Gasteiger partial charge in [0.05, 0.1) is 0 Å². The largest absolute Gasteiger partial charge is 0.341 e. The highest BCUT2D eigenvalue weighted by Gasteiger charge is 2.26. The molecule has 1 aliphatic rings. The molecule has 1 rings (SSSR count). The Kier molecular flexibility index (Phi) is 6.56. The molecule has 2 atom stereocenters. The van der Waals surface area contributed by atoms with Gasteiger partial charge in [-0.15, -0.1) is 0 Å². The molecule has 3 heteroatoms. The molecule has 0 saturated carbocycles. The molecule has 0 bridgehead atoms. The molecule has 1 fully saturated rings. The minimum Gasteiger partial charge on any atom is -0.341 e. The van der Waals surface area contributed by atoms with Gasteiger partial charge in [0.15, 0.2) is 0 Å². The summed E-state index contributed by atoms with van der Waals surface area (Å²) in [4.78, 5) is 14.4. The van der Waals surface area contributed by atoms with Gasteiger partial charge in [-0.25, -0.2) is 0 Å². The molecular weight excluding hydrogens is 212 g/mol. The predicted octanol–water partition coefficient (Wildman–Crippen LogP) is 2.54. The van der Waals surface area contributed by atoms with Crippen LogP contribution in [-0.2, 0) is 4.79 Å². The SMILES string of the molecule is CCCCC(CCC)C(=O)N1CCCC(N)C1. The second-order valence-electron chi connectivity index (χ2n) is 5.31. The van der Waals surface area contributed by atoms with Crippen molar-refractivity contribution in [2.75, 3.05) is 13.1 Å². The van der Waals surface area contributed by atoms with E-state index in [2.05, 4.69) is 13.8 Å². The van der Waals surface area contributed by atoms with E-state index >= 15 is 0 Å². The second kappa shape index (κ2) is 7.70. The smallest absolute Gasteiger partial charge is 0.225 e. The van der Waals surface area contributed by atoms with Crippen LogP contribution < -0.4 is 5.73 Å². The Morgan fingerprint density at radius 1 is 1.35 bits per heavy atom. The van der Waals surface area contributed by atoms with Crippen molar-refractivity contribution < 1.29 is 4.79 Å². The van der Waals surface area contributed by atoms with E-state index in [0.29, 0.717) is 5.91 Å². The van der Waals surface area contributed by atoms with Gasteiger partial charge in [-0.2, -0.15) is 0 Å². The zero-order valence-electron chi connectivity index (χ0n) is 11.5. The lowest BCUT2D eigenvalue weighted by molar-refractivity contribution is -0.137. The van der Waals surface area contributed by atoms with E-state index in [1.54, 1.807) is 0 Å². The lowest BCUT2D eigenvalue weighted by Gasteiger charge is -2.33. The Morgan fingerprint density at radius 3 is 2.71 bits per heavy atom. The van der Waals surface area contributed by atoms with Gasteiger partial charge in [0.2, 0.25) is 5.91 Å². The highest BCUT2D eigenvalue weighted by Crippen LogP contribution is 2.20. The first kappa shape index (κ1) is 14.5. The molecule has 1 amide bonds. The van der Waals surface area contributed by atoms with Crippen molar-refractivity contribution in [2.45, 2.75) is 64.8 Å². The molecule has 0 aromatic rings. The number of likely N-dealkylation sites (tertiary alicyclic amines) is 1. The van der Waals surface area contributed by atoms with Crippen molar-refractivity contribution in [3.63, 3.8) is 0 Å². The number of nitrogens with two attached hydrogens (primary N) is 1. The van der Waals surface area contributed by atoms with Crippen molar-refractivity contribution in [1.82, 2.24) is 4.90 Å². The number of hydrogen-bond acceptors (Lipinski definition) is 2. The maximum Gasteiger partial charge on any atom is 0.225 e. The van der Waals surface area contributed by atoms with Crippen molar-refractivity contribution in [3.05, 3.63) is 0 Å². The topological polar surface area (TPSA) is 46.3 Å². The van der Waals surface area contributed by atoms with Gasteiger partial charge in [0.25, 0.3) is 0 Å². The summed E-state index contributed by atoms with van der Waals surface area (Å²) in [6.07, 6.45) is 7.65. The number of carbonyl (C=O) groups is 1. The van der Waals surface area contributed by atoms with Gasteiger partial charge in [-0.1, -0.05) is 33.1 Å². The summed E-state index contributed by atoms with van der Waals surface area (Å²) in [5.41, 5.74) is 5.94. The molecule has 2 unspecified atom stereocenters. The predicted molar refractivity (Wildman–Crippen MR) is 71.7 cm³/mol. The van der Waals surface area contributed by atoms with E-state index in [4.69, 9.17) is 5.73 Å². The van der Waals surface area contributed by atoms with Crippen LogP contribution in [0.4, 0.5) is 0 Å². The van der Waals surface area contributed by atoms with Crippen molar-refractivity contribution >= 4 is 5.91 Å². The minimum absolute atomic E-state index is 0.196. The molecule has 0 aromatic heterocycles. The van der Waals surface area contributed by atoms with E-state index in [-0.39, 0.29) is 12.0 Å². The number of amides is 1. The van der Waals surface area contributed by atoms with E-state index in [0.717, 1.165) is 51.6 Å². The summed E-state index contributed by atoms with van der Waals surface area (Å²) >= 11 is 0. The van der Waals surface area contributed by atoms with Crippen LogP contribution in [0.3, 0.4) is 0 Å². The molecule has 100 valence electrons. The molecule has 3 nitrogen and oxygen atoms in total. The number of nitrogens with zero attached hydrogens (tertiary/aromatic N) is 1. The maximum atomic E-state index is 12.4. The Morgan fingerprint density at radius 2 is 2.12 bits per heavy atom. The standard InChI is InChI=1S/C14H28N2O/c1-3-5-8-12(7-4-2)14(17)16-10-6-9-13(15)11-16/h12-13H,3-11,15H2,1-2H3. The second-order valence-corrected chi connectivity index (χ2v) is 5.31. The van der Waals surface area contributed by atoms with Crippen LogP contribution in [0.15, 0.2) is 0 Å². The molecule has 1 heterocycles. The van der Waals surface area contributed by atoms with E-state index in [1.807, 2.05) is 4.90 Å². The van der Waals surface area contributed by atoms with Gasteiger partial charge < -0.3 is 10.6 Å². The zero-order valence-corrected chi connectivity index (χ0v) is 11.5. The molecule has 0 aliphatic carbocycles. The molecular formula is C14H28N2O. The minimum atomic E-state index is 0.196. The van der Waals surface area contributed by atoms with Crippen LogP contribution in [0.25, 0.3) is 0 Å². The Bertz CT molecular complexity index is 230. The average molecular weight is 240 g/mol. The molecule has 1 aliphatic heterocycles.